The highest BCUT2D eigenvalue weighted by Gasteiger charge is 2.36. The number of carbonyl (C=O) groups excluding carboxylic acids is 4. The lowest BCUT2D eigenvalue weighted by atomic mass is 9.90. The molecule has 0 radical (unpaired) electrons. The maximum atomic E-state index is 13.5. The van der Waals surface area contributed by atoms with Gasteiger partial charge in [0.2, 0.25) is 5.91 Å². The summed E-state index contributed by atoms with van der Waals surface area (Å²) in [4.78, 5) is 51.6. The summed E-state index contributed by atoms with van der Waals surface area (Å²) >= 11 is 0. The van der Waals surface area contributed by atoms with Gasteiger partial charge in [-0.1, -0.05) is 60.7 Å². The van der Waals surface area contributed by atoms with Crippen molar-refractivity contribution in [1.29, 1.82) is 0 Å². The van der Waals surface area contributed by atoms with E-state index in [0.717, 1.165) is 11.1 Å². The predicted molar refractivity (Wildman–Crippen MR) is 139 cm³/mol. The minimum Gasteiger partial charge on any atom is -0.442 e. The fraction of sp³-hybridized carbons (Fsp3) is 0.429. The molecule has 0 aliphatic carbocycles. The van der Waals surface area contributed by atoms with Gasteiger partial charge in [0, 0.05) is 25.4 Å². The summed E-state index contributed by atoms with van der Waals surface area (Å²) in [5.74, 6) is -1.59. The van der Waals surface area contributed by atoms with E-state index in [2.05, 4.69) is 5.32 Å². The second kappa shape index (κ2) is 12.4. The highest BCUT2D eigenvalue weighted by atomic mass is 16.6. The molecular weight excluding hydrogens is 472 g/mol. The van der Waals surface area contributed by atoms with Gasteiger partial charge in [-0.05, 0) is 51.2 Å². The first-order valence-electron chi connectivity index (χ1n) is 12.5. The van der Waals surface area contributed by atoms with Crippen molar-refractivity contribution in [2.45, 2.75) is 58.1 Å². The third-order valence-electron chi connectivity index (χ3n) is 6.01. The topological polar surface area (TPSA) is 122 Å². The molecule has 0 unspecified atom stereocenters. The molecule has 37 heavy (non-hydrogen) atoms. The number of hydrogen-bond donors (Lipinski definition) is 2. The van der Waals surface area contributed by atoms with E-state index in [1.54, 1.807) is 20.8 Å². The number of ether oxygens (including phenoxy) is 1. The van der Waals surface area contributed by atoms with Gasteiger partial charge in [-0.3, -0.25) is 9.59 Å². The van der Waals surface area contributed by atoms with Crippen molar-refractivity contribution in [2.75, 3.05) is 13.1 Å². The van der Waals surface area contributed by atoms with E-state index in [1.807, 2.05) is 60.7 Å². The smallest absolute Gasteiger partial charge is 0.429 e. The third kappa shape index (κ3) is 8.34. The van der Waals surface area contributed by atoms with Crippen molar-refractivity contribution in [1.82, 2.24) is 15.3 Å². The monoisotopic (exact) mass is 508 g/mol. The normalized spacial score (nSPS) is 15.1. The second-order valence-electron chi connectivity index (χ2n) is 10.2. The van der Waals surface area contributed by atoms with Crippen LogP contribution in [0.1, 0.15) is 44.7 Å². The molecule has 0 bridgehead atoms. The molecule has 198 valence electrons. The maximum absolute atomic E-state index is 13.5. The summed E-state index contributed by atoms with van der Waals surface area (Å²) in [6, 6.07) is 17.2. The summed E-state index contributed by atoms with van der Waals surface area (Å²) in [6.07, 6.45) is 0.417. The van der Waals surface area contributed by atoms with E-state index in [-0.39, 0.29) is 18.6 Å². The van der Waals surface area contributed by atoms with Crippen LogP contribution in [0.4, 0.5) is 9.59 Å². The minimum atomic E-state index is -0.909. The number of amides is 4. The Morgan fingerprint density at radius 3 is 1.97 bits per heavy atom. The van der Waals surface area contributed by atoms with Crippen molar-refractivity contribution < 1.29 is 23.9 Å². The number of hydrazine groups is 1. The van der Waals surface area contributed by atoms with Crippen LogP contribution in [0.3, 0.4) is 0 Å². The number of ketones is 1. The Balaban J connectivity index is 1.76. The van der Waals surface area contributed by atoms with E-state index < -0.39 is 35.6 Å². The molecule has 0 saturated carbocycles. The first-order valence-corrected chi connectivity index (χ1v) is 12.5. The van der Waals surface area contributed by atoms with Crippen LogP contribution in [0.2, 0.25) is 0 Å². The molecule has 2 atom stereocenters. The standard InChI is InChI=1S/C28H36N4O5/c1-28(2,3)37-27(36)32-16-10-15-31(32)26(35)30-23(18-21-13-8-5-9-14-21)24(33)19-22(25(29)34)17-20-11-6-4-7-12-20/h4-9,11-14,22-23H,10,15-19H2,1-3H3,(H2,29,34)(H,30,35)/t22-,23+/m0/s1. The van der Waals surface area contributed by atoms with Crippen LogP contribution in [0.25, 0.3) is 0 Å². The van der Waals surface area contributed by atoms with Gasteiger partial charge in [0.05, 0.1) is 6.04 Å². The summed E-state index contributed by atoms with van der Waals surface area (Å²) in [5.41, 5.74) is 6.68. The molecule has 9 heteroatoms. The number of Topliss-reactive ketones (excluding diaryl/α,β-unsaturated/α-hetero) is 1. The van der Waals surface area contributed by atoms with E-state index in [0.29, 0.717) is 25.9 Å². The van der Waals surface area contributed by atoms with Gasteiger partial charge < -0.3 is 15.8 Å². The van der Waals surface area contributed by atoms with Crippen LogP contribution in [0, 0.1) is 5.92 Å². The van der Waals surface area contributed by atoms with Gasteiger partial charge in [0.25, 0.3) is 0 Å². The largest absolute Gasteiger partial charge is 0.442 e. The van der Waals surface area contributed by atoms with E-state index in [4.69, 9.17) is 10.5 Å². The van der Waals surface area contributed by atoms with Gasteiger partial charge in [0.1, 0.15) is 5.60 Å². The summed E-state index contributed by atoms with van der Waals surface area (Å²) in [6.45, 7) is 5.91. The first-order chi connectivity index (χ1) is 17.5. The van der Waals surface area contributed by atoms with E-state index >= 15 is 0 Å². The molecular formula is C28H36N4O5. The SMILES string of the molecule is CC(C)(C)OC(=O)N1CCCN1C(=O)N[C@H](Cc1ccccc1)C(=O)C[C@H](Cc1ccccc1)C(N)=O. The fourth-order valence-corrected chi connectivity index (χ4v) is 4.20. The molecule has 0 spiro atoms. The van der Waals surface area contributed by atoms with Crippen LogP contribution in [0.15, 0.2) is 60.7 Å². The van der Waals surface area contributed by atoms with Crippen LogP contribution < -0.4 is 11.1 Å². The Kier molecular flexibility index (Phi) is 9.27. The van der Waals surface area contributed by atoms with E-state index in [1.165, 1.54) is 10.0 Å². The fourth-order valence-electron chi connectivity index (χ4n) is 4.20. The number of urea groups is 1. The number of rotatable bonds is 9. The number of nitrogens with one attached hydrogen (secondary N) is 1. The highest BCUT2D eigenvalue weighted by molar-refractivity contribution is 5.92. The van der Waals surface area contributed by atoms with Gasteiger partial charge in [-0.2, -0.15) is 0 Å². The third-order valence-corrected chi connectivity index (χ3v) is 6.01. The predicted octanol–water partition coefficient (Wildman–Crippen LogP) is 3.47. The van der Waals surface area contributed by atoms with Crippen LogP contribution in [-0.2, 0) is 27.2 Å². The minimum absolute atomic E-state index is 0.113. The maximum Gasteiger partial charge on any atom is 0.429 e. The van der Waals surface area contributed by atoms with Gasteiger partial charge in [0.15, 0.2) is 5.78 Å². The molecule has 2 aromatic rings. The Bertz CT molecular complexity index is 1080. The van der Waals surface area contributed by atoms with E-state index in [9.17, 15) is 19.2 Å². The molecule has 3 rings (SSSR count). The van der Waals surface area contributed by atoms with Crippen molar-refractivity contribution in [3.05, 3.63) is 71.8 Å². The molecule has 1 fully saturated rings. The molecule has 0 aromatic heterocycles. The lowest BCUT2D eigenvalue weighted by Gasteiger charge is -2.31. The summed E-state index contributed by atoms with van der Waals surface area (Å²) in [7, 11) is 0. The molecule has 1 saturated heterocycles. The highest BCUT2D eigenvalue weighted by Crippen LogP contribution is 2.19. The zero-order valence-corrected chi connectivity index (χ0v) is 21.7. The van der Waals surface area contributed by atoms with Crippen molar-refractivity contribution >= 4 is 23.8 Å². The Morgan fingerprint density at radius 1 is 0.892 bits per heavy atom. The first kappa shape index (κ1) is 27.7. The zero-order valence-electron chi connectivity index (χ0n) is 21.7. The van der Waals surface area contributed by atoms with Crippen LogP contribution >= 0.6 is 0 Å². The lowest BCUT2D eigenvalue weighted by molar-refractivity contribution is -0.128. The molecule has 1 aliphatic heterocycles. The number of nitrogens with two attached hydrogens (primary N) is 1. The van der Waals surface area contributed by atoms with Gasteiger partial charge in [-0.15, -0.1) is 0 Å². The molecule has 9 nitrogen and oxygen atoms in total. The second-order valence-corrected chi connectivity index (χ2v) is 10.2. The van der Waals surface area contributed by atoms with Crippen molar-refractivity contribution in [3.63, 3.8) is 0 Å². The molecule has 1 heterocycles. The summed E-state index contributed by atoms with van der Waals surface area (Å²) in [5, 5.41) is 5.33. The van der Waals surface area contributed by atoms with Crippen LogP contribution in [-0.4, -0.2) is 58.6 Å². The number of carbonyl (C=O) groups is 4. The molecule has 2 aromatic carbocycles. The number of nitrogens with zero attached hydrogens (tertiary/aromatic N) is 2. The quantitative estimate of drug-likeness (QED) is 0.537. The molecule has 4 amide bonds. The average Bonchev–Trinajstić information content (AvgIpc) is 3.34. The lowest BCUT2D eigenvalue weighted by Crippen LogP contribution is -2.54. The zero-order chi connectivity index (χ0) is 27.0. The molecule has 3 N–H and O–H groups in total. The Labute approximate surface area is 217 Å². The van der Waals surface area contributed by atoms with Gasteiger partial charge in [-0.25, -0.2) is 19.6 Å². The van der Waals surface area contributed by atoms with Crippen molar-refractivity contribution in [2.24, 2.45) is 11.7 Å². The number of primary amides is 1. The Hall–Kier alpha value is -3.88. The summed E-state index contributed by atoms with van der Waals surface area (Å²) < 4.78 is 5.43. The van der Waals surface area contributed by atoms with Crippen LogP contribution in [0.5, 0.6) is 0 Å². The Morgan fingerprint density at radius 2 is 1.43 bits per heavy atom. The van der Waals surface area contributed by atoms with Crippen molar-refractivity contribution in [3.8, 4) is 0 Å². The molecule has 1 aliphatic rings. The number of hydrogen-bond acceptors (Lipinski definition) is 5. The average molecular weight is 509 g/mol. The number of benzene rings is 2. The van der Waals surface area contributed by atoms with Gasteiger partial charge >= 0.3 is 12.1 Å².